The van der Waals surface area contributed by atoms with Gasteiger partial charge < -0.3 is 56.8 Å². The van der Waals surface area contributed by atoms with Crippen molar-refractivity contribution in [3.05, 3.63) is 112 Å². The smallest absolute Gasteiger partial charge is 0.328 e. The number of piperazine rings is 1. The van der Waals surface area contributed by atoms with Crippen LogP contribution in [-0.2, 0) is 16.0 Å². The molecule has 66 heavy (non-hydrogen) atoms. The molecule has 1 aliphatic carbocycles. The molecule has 2 heterocycles. The van der Waals surface area contributed by atoms with E-state index < -0.39 is 23.5 Å². The summed E-state index contributed by atoms with van der Waals surface area (Å²) in [4.78, 5) is 55.2. The number of hydrogen-bond acceptors (Lipinski definition) is 16. The number of thioether (sulfide) groups is 1. The van der Waals surface area contributed by atoms with Crippen LogP contribution in [0.15, 0.2) is 93.6 Å². The van der Waals surface area contributed by atoms with Crippen molar-refractivity contribution in [3.8, 4) is 11.5 Å². The number of anilines is 2. The number of carboxylic acids is 2. The van der Waals surface area contributed by atoms with E-state index in [1.807, 2.05) is 23.5 Å². The van der Waals surface area contributed by atoms with Gasteiger partial charge in [0.2, 0.25) is 11.6 Å². The predicted octanol–water partition coefficient (Wildman–Crippen LogP) is 4.82. The van der Waals surface area contributed by atoms with Crippen LogP contribution in [0.5, 0.6) is 11.5 Å². The number of ketones is 2. The van der Waals surface area contributed by atoms with Crippen LogP contribution in [0.25, 0.3) is 0 Å². The molecule has 7 rings (SSSR count). The number of fused-ring (bicyclic) bond motifs is 4. The van der Waals surface area contributed by atoms with Crippen LogP contribution in [0.2, 0.25) is 0 Å². The number of hydrogen-bond donors (Lipinski definition) is 10. The first-order valence-corrected chi connectivity index (χ1v) is 22.8. The van der Waals surface area contributed by atoms with Gasteiger partial charge in [-0.05, 0) is 79.4 Å². The number of likely N-dealkylation sites (N-methyl/N-ethyl adjacent to an activating group) is 1. The lowest BCUT2D eigenvalue weighted by atomic mass is 9.81. The second-order valence-corrected chi connectivity index (χ2v) is 16.9. The molecule has 0 saturated carbocycles. The van der Waals surface area contributed by atoms with Gasteiger partial charge in [-0.2, -0.15) is 0 Å². The van der Waals surface area contributed by atoms with Crippen molar-refractivity contribution >= 4 is 83.2 Å². The predicted molar refractivity (Wildman–Crippen MR) is 263 cm³/mol. The van der Waals surface area contributed by atoms with E-state index in [-0.39, 0.29) is 71.8 Å². The number of carbonyl (C=O) groups is 4. The van der Waals surface area contributed by atoms with Crippen molar-refractivity contribution in [2.45, 2.75) is 27.1 Å². The topological polar surface area (TPSA) is 244 Å². The van der Waals surface area contributed by atoms with E-state index in [2.05, 4.69) is 86.8 Å². The molecule has 358 valence electrons. The minimum Gasteiger partial charge on any atom is -0.507 e. The highest BCUT2D eigenvalue weighted by molar-refractivity contribution is 7.99. The number of aliphatic carboxylic acids is 2. The maximum Gasteiger partial charge on any atom is 0.328 e. The van der Waals surface area contributed by atoms with Gasteiger partial charge in [0, 0.05) is 110 Å². The average Bonchev–Trinajstić information content (AvgIpc) is 3.45. The van der Waals surface area contributed by atoms with Crippen molar-refractivity contribution in [2.75, 3.05) is 103 Å². The van der Waals surface area contributed by atoms with Crippen molar-refractivity contribution < 1.29 is 49.8 Å². The van der Waals surface area contributed by atoms with Gasteiger partial charge in [-0.15, -0.1) is 36.6 Å². The first kappa shape index (κ1) is 55.5. The Labute approximate surface area is 405 Å². The minimum atomic E-state index is -1.26. The summed E-state index contributed by atoms with van der Waals surface area (Å²) in [5, 5.41) is 66.2. The summed E-state index contributed by atoms with van der Waals surface area (Å²) in [7, 11) is 2.23. The molecule has 0 radical (unpaired) electrons. The van der Waals surface area contributed by atoms with Crippen LogP contribution in [0.3, 0.4) is 0 Å². The van der Waals surface area contributed by atoms with Gasteiger partial charge in [-0.3, -0.25) is 14.5 Å². The normalized spacial score (nSPS) is 15.1. The Hall–Kier alpha value is -4.86. The molecule has 10 N–H and O–H groups in total. The first-order chi connectivity index (χ1) is 30.9. The zero-order valence-corrected chi connectivity index (χ0v) is 39.9. The van der Waals surface area contributed by atoms with Crippen LogP contribution in [0.4, 0.5) is 11.4 Å². The van der Waals surface area contributed by atoms with Crippen molar-refractivity contribution in [1.82, 2.24) is 20.4 Å². The van der Waals surface area contributed by atoms with Crippen LogP contribution < -0.4 is 21.3 Å². The number of phenols is 2. The van der Waals surface area contributed by atoms with Gasteiger partial charge in [0.1, 0.15) is 11.5 Å². The van der Waals surface area contributed by atoms with Gasteiger partial charge in [0.15, 0.2) is 0 Å². The monoisotopic (exact) mass is 988 g/mol. The van der Waals surface area contributed by atoms with Crippen molar-refractivity contribution in [1.29, 1.82) is 0 Å². The highest BCUT2D eigenvalue weighted by atomic mass is 35.5. The van der Waals surface area contributed by atoms with Crippen LogP contribution in [0.1, 0.15) is 49.0 Å². The third-order valence-corrected chi connectivity index (χ3v) is 12.6. The number of aliphatic hydroxyl groups is 2. The number of carboxylic acid groups (broad SMARTS) is 2. The standard InChI is InChI=1S/C22H28N4O6.C20H24N2S2.C4H4O4.2ClH/c27-11-9-23-5-7-25-13-1-2-14(26-8-6-24-10-12-28)18-17(13)21(31)19-15(29)3-4-16(30)20(19)22(18)32;1-21-9-11-22(12-10-21)18-13-15-5-3-4-6-19(15)24-20-8-7-16(23-2)14-17(18)20;5-3(6)1-2-4(7)8;;/h1-4,23-30H,5-12H2;3-8,14,18H,9-13H2,1-2H3;1-2H,(H,5,6)(H,7,8);2*1H. The maximum atomic E-state index is 13.4. The van der Waals surface area contributed by atoms with E-state index >= 15 is 0 Å². The number of aliphatic hydroxyl groups excluding tert-OH is 2. The quantitative estimate of drug-likeness (QED) is 0.0276. The fourth-order valence-corrected chi connectivity index (χ4v) is 9.02. The molecule has 1 fully saturated rings. The molecule has 20 heteroatoms. The maximum absolute atomic E-state index is 13.4. The Morgan fingerprint density at radius 1 is 0.697 bits per heavy atom. The third-order valence-electron chi connectivity index (χ3n) is 10.6. The number of phenolic OH excluding ortho intramolecular Hbond substituents is 2. The van der Waals surface area contributed by atoms with E-state index in [0.29, 0.717) is 68.8 Å². The number of benzene rings is 4. The lowest BCUT2D eigenvalue weighted by Gasteiger charge is -2.38. The van der Waals surface area contributed by atoms with Crippen LogP contribution in [0, 0.1) is 0 Å². The molecule has 0 spiro atoms. The Balaban J connectivity index is 0.000000300. The second-order valence-electron chi connectivity index (χ2n) is 14.9. The van der Waals surface area contributed by atoms with E-state index in [1.54, 1.807) is 12.1 Å². The molecule has 4 aromatic rings. The van der Waals surface area contributed by atoms with Crippen molar-refractivity contribution in [3.63, 3.8) is 0 Å². The van der Waals surface area contributed by atoms with Crippen LogP contribution >= 0.6 is 48.3 Å². The zero-order chi connectivity index (χ0) is 46.2. The lowest BCUT2D eigenvalue weighted by Crippen LogP contribution is -2.46. The van der Waals surface area contributed by atoms with E-state index in [9.17, 15) is 29.4 Å². The van der Waals surface area contributed by atoms with Gasteiger partial charge in [0.05, 0.1) is 35.5 Å². The SMILES string of the molecule is CSc1ccc2c(c1)C(N1CCN(C)CC1)Cc1ccccc1S2.Cl.Cl.O=C(O)C=CC(=O)O.O=C1c2c(O)ccc(O)c2C(=O)c2c(NCCNCCO)ccc(NCCNCCO)c21. The molecular formula is C46H58Cl2N6O10S2. The number of rotatable bonds is 16. The van der Waals surface area contributed by atoms with E-state index in [0.717, 1.165) is 19.5 Å². The largest absolute Gasteiger partial charge is 0.507 e. The number of halogens is 2. The van der Waals surface area contributed by atoms with Gasteiger partial charge in [-0.1, -0.05) is 30.0 Å². The minimum absolute atomic E-state index is 0. The fraction of sp³-hybridized carbons (Fsp3) is 0.348. The highest BCUT2D eigenvalue weighted by Crippen LogP contribution is 2.45. The second kappa shape index (κ2) is 27.7. The Morgan fingerprint density at radius 2 is 1.21 bits per heavy atom. The lowest BCUT2D eigenvalue weighted by molar-refractivity contribution is -0.134. The molecular weight excluding hydrogens is 932 g/mol. The molecule has 16 nitrogen and oxygen atoms in total. The number of nitrogens with zero attached hydrogens (tertiary/aromatic N) is 2. The first-order valence-electron chi connectivity index (χ1n) is 20.8. The summed E-state index contributed by atoms with van der Waals surface area (Å²) in [6, 6.07) is 22.2. The molecule has 3 aliphatic rings. The summed E-state index contributed by atoms with van der Waals surface area (Å²) in [6.45, 7) is 7.48. The number of carbonyl (C=O) groups excluding carboxylic acids is 2. The van der Waals surface area contributed by atoms with E-state index in [4.69, 9.17) is 20.4 Å². The molecule has 0 amide bonds. The molecule has 2 aliphatic heterocycles. The summed E-state index contributed by atoms with van der Waals surface area (Å²) in [6.07, 6.45) is 4.41. The van der Waals surface area contributed by atoms with Gasteiger partial charge in [0.25, 0.3) is 0 Å². The highest BCUT2D eigenvalue weighted by Gasteiger charge is 2.38. The summed E-state index contributed by atoms with van der Waals surface area (Å²) in [5.74, 6) is -4.38. The molecule has 0 aromatic heterocycles. The van der Waals surface area contributed by atoms with E-state index in [1.165, 1.54) is 51.0 Å². The number of aromatic hydroxyl groups is 2. The summed E-state index contributed by atoms with van der Waals surface area (Å²) < 4.78 is 0. The molecule has 1 atom stereocenters. The molecule has 0 bridgehead atoms. The summed E-state index contributed by atoms with van der Waals surface area (Å²) >= 11 is 3.79. The molecule has 1 saturated heterocycles. The van der Waals surface area contributed by atoms with Gasteiger partial charge >= 0.3 is 11.9 Å². The zero-order valence-electron chi connectivity index (χ0n) is 36.6. The summed E-state index contributed by atoms with van der Waals surface area (Å²) in [5.41, 5.74) is 3.69. The Kier molecular flexibility index (Phi) is 23.3. The third kappa shape index (κ3) is 14.8. The molecule has 1 unspecified atom stereocenters. The van der Waals surface area contributed by atoms with Crippen molar-refractivity contribution in [2.24, 2.45) is 0 Å². The van der Waals surface area contributed by atoms with Crippen LogP contribution in [-0.4, -0.2) is 156 Å². The molecule has 4 aromatic carbocycles. The Bertz CT molecular complexity index is 2220. The Morgan fingerprint density at radius 3 is 1.70 bits per heavy atom. The average molecular weight is 990 g/mol. The fourth-order valence-electron chi connectivity index (χ4n) is 7.46. The van der Waals surface area contributed by atoms with Gasteiger partial charge in [-0.25, -0.2) is 9.59 Å². The number of nitrogens with one attached hydrogen (secondary N) is 4.